The van der Waals surface area contributed by atoms with Crippen LogP contribution >= 0.6 is 0 Å². The summed E-state index contributed by atoms with van der Waals surface area (Å²) >= 11 is 0. The van der Waals surface area contributed by atoms with Gasteiger partial charge in [-0.25, -0.2) is 0 Å². The maximum atomic E-state index is 16.3. The first-order valence-electron chi connectivity index (χ1n) is 15.8. The molecular formula is C42H30F3N3. The lowest BCUT2D eigenvalue weighted by Gasteiger charge is -2.25. The predicted octanol–water partition coefficient (Wildman–Crippen LogP) is 11.7. The molecule has 0 unspecified atom stereocenters. The van der Waals surface area contributed by atoms with Crippen LogP contribution in [0.25, 0.3) is 66.1 Å². The molecule has 0 atom stereocenters. The topological polar surface area (TPSA) is 33.6 Å². The highest BCUT2D eigenvalue weighted by Gasteiger charge is 2.40. The molecule has 48 heavy (non-hydrogen) atoms. The van der Waals surface area contributed by atoms with Crippen LogP contribution in [-0.4, -0.2) is 9.13 Å². The standard InChI is InChI=1S/C42H30F3N3/c1-24-10-5-16-31-32-17-6-11-25(2)38(32)47(37(24)31)35-21-20-30(29-15-9-14-28(22-29)23-46)41(36(35)42(43,44)45)48-39-26(3)12-7-18-33(39)34-19-8-13-27(4)40(34)48/h5-22H,1-4H3. The van der Waals surface area contributed by atoms with E-state index in [0.717, 1.165) is 65.9 Å². The highest BCUT2D eigenvalue weighted by Crippen LogP contribution is 2.48. The first kappa shape index (κ1) is 29.6. The fourth-order valence-electron chi connectivity index (χ4n) is 7.65. The molecule has 0 N–H and O–H groups in total. The molecule has 0 saturated carbocycles. The molecule has 234 valence electrons. The Morgan fingerprint density at radius 2 is 0.979 bits per heavy atom. The van der Waals surface area contributed by atoms with Gasteiger partial charge in [0, 0.05) is 27.1 Å². The number of rotatable bonds is 3. The zero-order chi connectivity index (χ0) is 33.5. The molecule has 0 bridgehead atoms. The van der Waals surface area contributed by atoms with Gasteiger partial charge in [-0.1, -0.05) is 91.0 Å². The van der Waals surface area contributed by atoms with Crippen molar-refractivity contribution in [1.82, 2.24) is 9.13 Å². The molecule has 0 spiro atoms. The number of aromatic nitrogens is 2. The average molecular weight is 634 g/mol. The van der Waals surface area contributed by atoms with Crippen LogP contribution in [0.4, 0.5) is 13.2 Å². The molecule has 6 aromatic carbocycles. The summed E-state index contributed by atoms with van der Waals surface area (Å²) in [5.74, 6) is 0. The van der Waals surface area contributed by atoms with E-state index in [1.807, 2.05) is 110 Å². The first-order valence-corrected chi connectivity index (χ1v) is 15.8. The predicted molar refractivity (Wildman–Crippen MR) is 189 cm³/mol. The van der Waals surface area contributed by atoms with Gasteiger partial charge in [-0.05, 0) is 73.7 Å². The van der Waals surface area contributed by atoms with E-state index in [1.165, 1.54) is 0 Å². The van der Waals surface area contributed by atoms with Crippen LogP contribution in [0.2, 0.25) is 0 Å². The Hall–Kier alpha value is -5.80. The van der Waals surface area contributed by atoms with E-state index in [-0.39, 0.29) is 11.4 Å². The molecule has 8 rings (SSSR count). The zero-order valence-corrected chi connectivity index (χ0v) is 26.9. The van der Waals surface area contributed by atoms with E-state index in [4.69, 9.17) is 0 Å². The van der Waals surface area contributed by atoms with Crippen molar-refractivity contribution in [3.63, 3.8) is 0 Å². The Kier molecular flexibility index (Phi) is 6.54. The maximum Gasteiger partial charge on any atom is 0.420 e. The smallest absolute Gasteiger partial charge is 0.308 e. The van der Waals surface area contributed by atoms with Crippen molar-refractivity contribution in [2.75, 3.05) is 0 Å². The SMILES string of the molecule is Cc1cccc2c3cccc(C)c3n(-c3ccc(-c4cccc(C#N)c4)c(-n4c5c(C)cccc5c5cccc(C)c54)c3C(F)(F)F)c12. The second-order valence-electron chi connectivity index (χ2n) is 12.6. The van der Waals surface area contributed by atoms with Crippen molar-refractivity contribution in [2.24, 2.45) is 0 Å². The Morgan fingerprint density at radius 3 is 1.42 bits per heavy atom. The van der Waals surface area contributed by atoms with E-state index in [9.17, 15) is 5.26 Å². The monoisotopic (exact) mass is 633 g/mol. The van der Waals surface area contributed by atoms with Gasteiger partial charge in [0.1, 0.15) is 5.56 Å². The van der Waals surface area contributed by atoms with Gasteiger partial charge in [-0.15, -0.1) is 0 Å². The number of aryl methyl sites for hydroxylation is 4. The second kappa shape index (κ2) is 10.6. The van der Waals surface area contributed by atoms with E-state index in [1.54, 1.807) is 36.4 Å². The van der Waals surface area contributed by atoms with Crippen LogP contribution in [0.15, 0.2) is 109 Å². The van der Waals surface area contributed by atoms with Crippen molar-refractivity contribution < 1.29 is 13.2 Å². The van der Waals surface area contributed by atoms with E-state index < -0.39 is 11.7 Å². The Morgan fingerprint density at radius 1 is 0.542 bits per heavy atom. The summed E-state index contributed by atoms with van der Waals surface area (Å²) in [6, 6.07) is 35.9. The van der Waals surface area contributed by atoms with Crippen molar-refractivity contribution in [2.45, 2.75) is 33.9 Å². The fourth-order valence-corrected chi connectivity index (χ4v) is 7.65. The zero-order valence-electron chi connectivity index (χ0n) is 26.9. The van der Waals surface area contributed by atoms with Crippen LogP contribution in [0.5, 0.6) is 0 Å². The minimum atomic E-state index is -4.77. The van der Waals surface area contributed by atoms with Gasteiger partial charge < -0.3 is 9.13 Å². The Balaban J connectivity index is 1.67. The molecule has 0 saturated heterocycles. The number of halogens is 3. The van der Waals surface area contributed by atoms with Crippen LogP contribution in [0, 0.1) is 39.0 Å². The molecule has 0 radical (unpaired) electrons. The van der Waals surface area contributed by atoms with Crippen molar-refractivity contribution in [3.8, 4) is 28.6 Å². The van der Waals surface area contributed by atoms with Crippen LogP contribution in [-0.2, 0) is 6.18 Å². The summed E-state index contributed by atoms with van der Waals surface area (Å²) < 4.78 is 52.4. The lowest BCUT2D eigenvalue weighted by Crippen LogP contribution is -2.17. The number of fused-ring (bicyclic) bond motifs is 6. The minimum Gasteiger partial charge on any atom is -0.308 e. The normalized spacial score (nSPS) is 12.0. The van der Waals surface area contributed by atoms with Gasteiger partial charge >= 0.3 is 6.18 Å². The number of nitriles is 1. The molecular weight excluding hydrogens is 603 g/mol. The fraction of sp³-hybridized carbons (Fsp3) is 0.119. The van der Waals surface area contributed by atoms with E-state index in [0.29, 0.717) is 16.7 Å². The molecule has 0 amide bonds. The Bertz CT molecular complexity index is 2540. The summed E-state index contributed by atoms with van der Waals surface area (Å²) in [5.41, 5.74) is 7.07. The molecule has 0 aliphatic carbocycles. The van der Waals surface area contributed by atoms with Gasteiger partial charge in [0.05, 0.1) is 45.1 Å². The number of hydrogen-bond donors (Lipinski definition) is 0. The highest BCUT2D eigenvalue weighted by atomic mass is 19.4. The molecule has 2 aromatic heterocycles. The third-order valence-corrected chi connectivity index (χ3v) is 9.63. The van der Waals surface area contributed by atoms with Gasteiger partial charge in [0.25, 0.3) is 0 Å². The van der Waals surface area contributed by atoms with Crippen LogP contribution in [0.3, 0.4) is 0 Å². The third kappa shape index (κ3) is 4.21. The highest BCUT2D eigenvalue weighted by molar-refractivity contribution is 6.13. The van der Waals surface area contributed by atoms with Crippen LogP contribution < -0.4 is 0 Å². The third-order valence-electron chi connectivity index (χ3n) is 9.63. The molecule has 0 aliphatic rings. The lowest BCUT2D eigenvalue weighted by atomic mass is 9.95. The van der Waals surface area contributed by atoms with Gasteiger partial charge in [0.2, 0.25) is 0 Å². The van der Waals surface area contributed by atoms with E-state index in [2.05, 4.69) is 6.07 Å². The number of alkyl halides is 3. The molecule has 0 fully saturated rings. The van der Waals surface area contributed by atoms with Gasteiger partial charge in [0.15, 0.2) is 0 Å². The molecule has 2 heterocycles. The molecule has 0 aliphatic heterocycles. The molecule has 3 nitrogen and oxygen atoms in total. The van der Waals surface area contributed by atoms with Crippen molar-refractivity contribution in [1.29, 1.82) is 5.26 Å². The summed E-state index contributed by atoms with van der Waals surface area (Å²) in [7, 11) is 0. The average Bonchev–Trinajstić information content (AvgIpc) is 3.60. The lowest BCUT2D eigenvalue weighted by molar-refractivity contribution is -0.137. The first-order chi connectivity index (χ1) is 23.1. The number of nitrogens with zero attached hydrogens (tertiary/aromatic N) is 3. The Labute approximate surface area is 275 Å². The number of hydrogen-bond acceptors (Lipinski definition) is 1. The number of para-hydroxylation sites is 4. The summed E-state index contributed by atoms with van der Waals surface area (Å²) in [5, 5.41) is 13.4. The summed E-state index contributed by atoms with van der Waals surface area (Å²) in [4.78, 5) is 0. The number of benzene rings is 6. The van der Waals surface area contributed by atoms with Crippen molar-refractivity contribution in [3.05, 3.63) is 143 Å². The van der Waals surface area contributed by atoms with Gasteiger partial charge in [-0.2, -0.15) is 18.4 Å². The maximum absolute atomic E-state index is 16.3. The quantitative estimate of drug-likeness (QED) is 0.191. The van der Waals surface area contributed by atoms with Gasteiger partial charge in [-0.3, -0.25) is 0 Å². The minimum absolute atomic E-state index is 0.0378. The summed E-state index contributed by atoms with van der Waals surface area (Å²) in [6.45, 7) is 7.78. The molecule has 8 aromatic rings. The van der Waals surface area contributed by atoms with Crippen LogP contribution in [0.1, 0.15) is 33.4 Å². The summed E-state index contributed by atoms with van der Waals surface area (Å²) in [6.07, 6.45) is -4.77. The second-order valence-corrected chi connectivity index (χ2v) is 12.6. The van der Waals surface area contributed by atoms with E-state index >= 15 is 13.2 Å². The van der Waals surface area contributed by atoms with Crippen molar-refractivity contribution >= 4 is 43.6 Å². The molecule has 6 heteroatoms. The largest absolute Gasteiger partial charge is 0.420 e.